The number of carboxylic acids is 1. The van der Waals surface area contributed by atoms with Gasteiger partial charge in [-0.1, -0.05) is 162 Å². The third-order valence-electron chi connectivity index (χ3n) is 11.2. The van der Waals surface area contributed by atoms with Gasteiger partial charge in [0.2, 0.25) is 17.7 Å². The molecule has 0 aromatic rings. The summed E-state index contributed by atoms with van der Waals surface area (Å²) in [5.41, 5.74) is 6.87. The Bertz CT molecular complexity index is 1060. The Hall–Kier alpha value is -2.16. The summed E-state index contributed by atoms with van der Waals surface area (Å²) in [7, 11) is 0. The smallest absolute Gasteiger partial charge is 0.303 e. The van der Waals surface area contributed by atoms with Gasteiger partial charge in [0.1, 0.15) is 24.2 Å². The summed E-state index contributed by atoms with van der Waals surface area (Å²) in [4.78, 5) is 52.8. The Morgan fingerprint density at radius 3 is 1.48 bits per heavy atom. The number of nitrogens with one attached hydrogen (secondary N) is 1. The van der Waals surface area contributed by atoms with E-state index in [2.05, 4.69) is 19.2 Å². The van der Waals surface area contributed by atoms with Crippen LogP contribution in [0.4, 0.5) is 0 Å². The number of hydrogen-bond acceptors (Lipinski definition) is 10. The lowest BCUT2D eigenvalue weighted by molar-refractivity contribution is -0.292. The highest BCUT2D eigenvalue weighted by atomic mass is 16.6. The summed E-state index contributed by atoms with van der Waals surface area (Å²) < 4.78 is 6.00. The topological polar surface area (TPSA) is 220 Å². The summed E-state index contributed by atoms with van der Waals surface area (Å²) in [6, 6.07) is -1.63. The van der Waals surface area contributed by atoms with Gasteiger partial charge in [0.05, 0.1) is 25.7 Å². The Morgan fingerprint density at radius 2 is 1.07 bits per heavy atom. The highest BCUT2D eigenvalue weighted by Crippen LogP contribution is 2.36. The van der Waals surface area contributed by atoms with Crippen LogP contribution in [0.5, 0.6) is 0 Å². The number of ketones is 1. The first kappa shape index (κ1) is 51.9. The number of carbonyl (C=O) groups excluding carboxylic acids is 3. The van der Waals surface area contributed by atoms with Crippen molar-refractivity contribution in [2.45, 2.75) is 224 Å². The van der Waals surface area contributed by atoms with Crippen LogP contribution in [0.15, 0.2) is 0 Å². The zero-order valence-electron chi connectivity index (χ0n) is 35.1. The molecule has 2 amide bonds. The number of aliphatic carboxylic acids is 1. The van der Waals surface area contributed by atoms with Gasteiger partial charge in [0.15, 0.2) is 5.78 Å². The Kier molecular flexibility index (Phi) is 29.4. The SMILES string of the molecule is CCCCCCCCCCCCCCCCCC(=O)N(CCCCCCCCCCCC)[C@]1(N)O[C@H](CO)[C@@H](O)[C@H](O)[C@H]1C(=O)[C@H](CO)NC(=O)CCC(=O)O. The number of unbranched alkanes of at least 4 members (excludes halogenated alkanes) is 23. The fourth-order valence-corrected chi connectivity index (χ4v) is 7.74. The molecule has 0 saturated carbocycles. The number of nitrogens with zero attached hydrogens (tertiary/aromatic N) is 1. The molecule has 0 aliphatic carbocycles. The fourth-order valence-electron chi connectivity index (χ4n) is 7.74. The van der Waals surface area contributed by atoms with E-state index in [-0.39, 0.29) is 13.0 Å². The third kappa shape index (κ3) is 20.5. The number of aliphatic hydroxyl groups is 4. The second-order valence-electron chi connectivity index (χ2n) is 16.1. The molecule has 13 heteroatoms. The highest BCUT2D eigenvalue weighted by molar-refractivity contribution is 5.93. The number of amides is 2. The van der Waals surface area contributed by atoms with E-state index < -0.39 is 85.7 Å². The van der Waals surface area contributed by atoms with Crippen LogP contribution >= 0.6 is 0 Å². The van der Waals surface area contributed by atoms with Gasteiger partial charge >= 0.3 is 5.97 Å². The van der Waals surface area contributed by atoms with Crippen molar-refractivity contribution in [2.75, 3.05) is 19.8 Å². The summed E-state index contributed by atoms with van der Waals surface area (Å²) in [6.07, 6.45) is 22.1. The maximum Gasteiger partial charge on any atom is 0.303 e. The maximum absolute atomic E-state index is 14.1. The van der Waals surface area contributed by atoms with Crippen LogP contribution < -0.4 is 11.1 Å². The van der Waals surface area contributed by atoms with E-state index in [0.717, 1.165) is 51.4 Å². The van der Waals surface area contributed by atoms with Gasteiger partial charge in [-0.15, -0.1) is 0 Å². The number of carbonyl (C=O) groups is 4. The van der Waals surface area contributed by atoms with Crippen molar-refractivity contribution in [1.29, 1.82) is 0 Å². The highest BCUT2D eigenvalue weighted by Gasteiger charge is 2.59. The van der Waals surface area contributed by atoms with E-state index in [0.29, 0.717) is 12.8 Å². The lowest BCUT2D eigenvalue weighted by Gasteiger charge is -2.53. The number of rotatable bonds is 36. The number of aliphatic hydroxyl groups excluding tert-OH is 4. The molecular weight excluding hydrogens is 718 g/mol. The fraction of sp³-hybridized carbons (Fsp3) is 0.907. The van der Waals surface area contributed by atoms with Crippen molar-refractivity contribution in [3.05, 3.63) is 0 Å². The van der Waals surface area contributed by atoms with Gasteiger partial charge in [-0.3, -0.25) is 24.9 Å². The van der Waals surface area contributed by atoms with E-state index in [9.17, 15) is 39.6 Å². The van der Waals surface area contributed by atoms with Crippen molar-refractivity contribution < 1.29 is 49.4 Å². The summed E-state index contributed by atoms with van der Waals surface area (Å²) in [5.74, 6) is -7.58. The monoisotopic (exact) mass is 800 g/mol. The molecule has 1 fully saturated rings. The van der Waals surface area contributed by atoms with Gasteiger partial charge in [-0.2, -0.15) is 0 Å². The second-order valence-corrected chi connectivity index (χ2v) is 16.1. The van der Waals surface area contributed by atoms with E-state index in [1.165, 1.54) is 101 Å². The molecule has 1 heterocycles. The van der Waals surface area contributed by atoms with Crippen LogP contribution in [0.25, 0.3) is 0 Å². The molecule has 6 atom stereocenters. The minimum absolute atomic E-state index is 0.0874. The molecule has 0 radical (unpaired) electrons. The predicted molar refractivity (Wildman–Crippen MR) is 218 cm³/mol. The molecule has 13 nitrogen and oxygen atoms in total. The summed E-state index contributed by atoms with van der Waals surface area (Å²) >= 11 is 0. The standard InChI is InChI=1S/C43H81N3O10/c1-3-5-7-9-11-13-15-16-17-18-19-20-22-24-26-28-37(50)46(31-27-25-23-21-14-12-10-8-6-4-2)43(44)39(42(55)41(54)35(33-48)56-43)40(53)34(32-47)45-36(49)29-30-38(51)52/h34-35,39,41-42,47-48,54-55H,3-33,44H2,1-2H3,(H,45,49)(H,51,52)/t34-,35+,39+,41+,42+,43-/m0/s1. The largest absolute Gasteiger partial charge is 0.481 e. The van der Waals surface area contributed by atoms with Gasteiger partial charge in [0.25, 0.3) is 0 Å². The normalized spacial score (nSPS) is 21.5. The van der Waals surface area contributed by atoms with Crippen molar-refractivity contribution >= 4 is 23.6 Å². The lowest BCUT2D eigenvalue weighted by atomic mass is 9.80. The minimum Gasteiger partial charge on any atom is -0.481 e. The first-order valence-electron chi connectivity index (χ1n) is 22.4. The van der Waals surface area contributed by atoms with Crippen molar-refractivity contribution in [1.82, 2.24) is 10.2 Å². The van der Waals surface area contributed by atoms with E-state index in [1.54, 1.807) is 0 Å². The third-order valence-corrected chi connectivity index (χ3v) is 11.2. The van der Waals surface area contributed by atoms with Gasteiger partial charge in [-0.25, -0.2) is 0 Å². The molecule has 1 aliphatic heterocycles. The molecule has 0 aromatic carbocycles. The quantitative estimate of drug-likeness (QED) is 0.0277. The second kappa shape index (κ2) is 31.8. The predicted octanol–water partition coefficient (Wildman–Crippen LogP) is 6.25. The Morgan fingerprint density at radius 1 is 0.643 bits per heavy atom. The molecule has 56 heavy (non-hydrogen) atoms. The molecule has 1 saturated heterocycles. The van der Waals surface area contributed by atoms with Gasteiger partial charge < -0.3 is 40.5 Å². The molecule has 1 aliphatic rings. The first-order chi connectivity index (χ1) is 27.0. The van der Waals surface area contributed by atoms with E-state index in [4.69, 9.17) is 15.6 Å². The maximum atomic E-state index is 14.1. The van der Waals surface area contributed by atoms with Crippen molar-refractivity contribution in [3.8, 4) is 0 Å². The molecule has 0 aromatic heterocycles. The van der Waals surface area contributed by atoms with Crippen LogP contribution in [0, 0.1) is 5.92 Å². The number of carboxylic acid groups (broad SMARTS) is 1. The summed E-state index contributed by atoms with van der Waals surface area (Å²) in [6.45, 7) is 2.85. The molecule has 8 N–H and O–H groups in total. The average Bonchev–Trinajstić information content (AvgIpc) is 3.17. The number of Topliss-reactive ketones (excluding diaryl/α,β-unsaturated/α-hetero) is 1. The van der Waals surface area contributed by atoms with E-state index in [1.807, 2.05) is 0 Å². The summed E-state index contributed by atoms with van der Waals surface area (Å²) in [5, 5.41) is 53.6. The van der Waals surface area contributed by atoms with Crippen LogP contribution in [-0.2, 0) is 23.9 Å². The molecule has 0 unspecified atom stereocenters. The van der Waals surface area contributed by atoms with Crippen molar-refractivity contribution in [3.63, 3.8) is 0 Å². The molecule has 0 bridgehead atoms. The molecule has 328 valence electrons. The zero-order valence-corrected chi connectivity index (χ0v) is 35.1. The number of hydrogen-bond donors (Lipinski definition) is 7. The number of nitrogens with two attached hydrogens (primary N) is 1. The van der Waals surface area contributed by atoms with Gasteiger partial charge in [-0.05, 0) is 12.8 Å². The van der Waals surface area contributed by atoms with Crippen LogP contribution in [0.2, 0.25) is 0 Å². The van der Waals surface area contributed by atoms with Crippen molar-refractivity contribution in [2.24, 2.45) is 11.7 Å². The van der Waals surface area contributed by atoms with E-state index >= 15 is 0 Å². The number of ether oxygens (including phenoxy) is 1. The minimum atomic E-state index is -2.33. The Balaban J connectivity index is 2.97. The molecular formula is C43H81N3O10. The lowest BCUT2D eigenvalue weighted by Crippen LogP contribution is -2.76. The average molecular weight is 800 g/mol. The Labute approximate surface area is 337 Å². The molecule has 0 spiro atoms. The molecule has 1 rings (SSSR count). The zero-order chi connectivity index (χ0) is 41.6. The van der Waals surface area contributed by atoms with Crippen LogP contribution in [0.1, 0.15) is 194 Å². The first-order valence-corrected chi connectivity index (χ1v) is 22.4. The van der Waals surface area contributed by atoms with Gasteiger partial charge in [0, 0.05) is 19.4 Å². The van der Waals surface area contributed by atoms with Crippen LogP contribution in [-0.4, -0.2) is 104 Å². The van der Waals surface area contributed by atoms with Crippen LogP contribution in [0.3, 0.4) is 0 Å².